The molecule has 2 N–H and O–H groups in total. The third kappa shape index (κ3) is 2.91. The number of aliphatic imine (C=N–C) groups is 1. The number of hydrogen-bond donors (Lipinski definition) is 1. The second-order valence-corrected chi connectivity index (χ2v) is 6.90. The smallest absolute Gasteiger partial charge is 0.266 e. The molecule has 3 aromatic rings. The fourth-order valence-electron chi connectivity index (χ4n) is 3.64. The molecule has 0 fully saturated rings. The van der Waals surface area contributed by atoms with Gasteiger partial charge >= 0.3 is 0 Å². The van der Waals surface area contributed by atoms with Crippen LogP contribution in [0.1, 0.15) is 16.7 Å². The zero-order valence-corrected chi connectivity index (χ0v) is 16.5. The number of nitrogens with zero attached hydrogens (tertiary/aromatic N) is 4. The van der Waals surface area contributed by atoms with Crippen molar-refractivity contribution in [1.82, 2.24) is 14.9 Å². The number of amides is 1. The Hall–Kier alpha value is -3.74. The highest BCUT2D eigenvalue weighted by atomic mass is 16.5. The molecular weight excluding hydrogens is 366 g/mol. The van der Waals surface area contributed by atoms with Crippen molar-refractivity contribution in [2.45, 2.75) is 12.5 Å². The van der Waals surface area contributed by atoms with Crippen LogP contribution in [0.2, 0.25) is 0 Å². The number of carbonyl (C=O) groups is 1. The molecule has 4 rings (SSSR count). The Bertz CT molecular complexity index is 1110. The molecule has 146 valence electrons. The maximum absolute atomic E-state index is 13.4. The Morgan fingerprint density at radius 2 is 1.90 bits per heavy atom. The van der Waals surface area contributed by atoms with E-state index in [9.17, 15) is 4.79 Å². The molecule has 7 nitrogen and oxygen atoms in total. The van der Waals surface area contributed by atoms with Gasteiger partial charge in [0.15, 0.2) is 11.5 Å². The molecule has 0 radical (unpaired) electrons. The monoisotopic (exact) mass is 387 g/mol. The Morgan fingerprint density at radius 1 is 1.10 bits per heavy atom. The maximum Gasteiger partial charge on any atom is 0.266 e. The topological polar surface area (TPSA) is 93.7 Å². The number of benzene rings is 2. The fraction of sp³-hybridized carbons (Fsp3) is 0.182. The molecule has 0 bridgehead atoms. The van der Waals surface area contributed by atoms with Crippen LogP contribution in [0.25, 0.3) is 11.3 Å². The molecule has 1 amide bonds. The highest BCUT2D eigenvalue weighted by Gasteiger charge is 2.49. The number of carbonyl (C=O) groups excluding carboxylic acids is 1. The molecule has 1 atom stereocenters. The van der Waals surface area contributed by atoms with Gasteiger partial charge in [0.25, 0.3) is 5.91 Å². The summed E-state index contributed by atoms with van der Waals surface area (Å²) in [4.78, 5) is 28.0. The summed E-state index contributed by atoms with van der Waals surface area (Å²) in [5, 5.41) is 0. The van der Waals surface area contributed by atoms with Crippen molar-refractivity contribution in [3.8, 4) is 17.0 Å². The van der Waals surface area contributed by atoms with Crippen molar-refractivity contribution in [2.75, 3.05) is 14.2 Å². The Balaban J connectivity index is 1.94. The van der Waals surface area contributed by atoms with E-state index >= 15 is 0 Å². The molecule has 1 aromatic heterocycles. The first-order valence-corrected chi connectivity index (χ1v) is 9.13. The summed E-state index contributed by atoms with van der Waals surface area (Å²) in [6.45, 7) is 1.93. The highest BCUT2D eigenvalue weighted by Crippen LogP contribution is 2.41. The van der Waals surface area contributed by atoms with E-state index in [1.54, 1.807) is 32.7 Å². The van der Waals surface area contributed by atoms with Gasteiger partial charge in [-0.2, -0.15) is 0 Å². The SMILES string of the molecule is COc1ccc(C2(c3cccc(-c4cnccn4)c3)N=C(N)N(C)C2=O)cc1C. The summed E-state index contributed by atoms with van der Waals surface area (Å²) < 4.78 is 5.38. The molecule has 0 spiro atoms. The normalized spacial score (nSPS) is 18.7. The number of nitrogens with two attached hydrogens (primary N) is 1. The average molecular weight is 387 g/mol. The van der Waals surface area contributed by atoms with Crippen molar-refractivity contribution in [1.29, 1.82) is 0 Å². The van der Waals surface area contributed by atoms with Crippen molar-refractivity contribution in [3.63, 3.8) is 0 Å². The number of aromatic nitrogens is 2. The van der Waals surface area contributed by atoms with Gasteiger partial charge < -0.3 is 10.5 Å². The van der Waals surface area contributed by atoms with Gasteiger partial charge in [-0.3, -0.25) is 19.7 Å². The molecule has 0 saturated carbocycles. The molecule has 1 aliphatic heterocycles. The van der Waals surface area contributed by atoms with E-state index in [0.717, 1.165) is 22.4 Å². The van der Waals surface area contributed by atoms with Crippen LogP contribution in [0, 0.1) is 6.92 Å². The van der Waals surface area contributed by atoms with Crippen molar-refractivity contribution in [3.05, 3.63) is 77.7 Å². The van der Waals surface area contributed by atoms with E-state index in [1.807, 2.05) is 49.4 Å². The summed E-state index contributed by atoms with van der Waals surface area (Å²) in [5.74, 6) is 0.706. The van der Waals surface area contributed by atoms with E-state index in [0.29, 0.717) is 11.3 Å². The predicted molar refractivity (Wildman–Crippen MR) is 110 cm³/mol. The molecule has 2 aromatic carbocycles. The molecule has 1 unspecified atom stereocenters. The third-order valence-corrected chi connectivity index (χ3v) is 5.19. The second kappa shape index (κ2) is 7.01. The van der Waals surface area contributed by atoms with E-state index < -0.39 is 5.54 Å². The first kappa shape index (κ1) is 18.6. The number of hydrogen-bond acceptors (Lipinski definition) is 6. The summed E-state index contributed by atoms with van der Waals surface area (Å²) >= 11 is 0. The van der Waals surface area contributed by atoms with Gasteiger partial charge in [-0.15, -0.1) is 0 Å². The van der Waals surface area contributed by atoms with Crippen LogP contribution < -0.4 is 10.5 Å². The Kier molecular flexibility index (Phi) is 4.50. The number of rotatable bonds is 4. The number of guanidine groups is 1. The van der Waals surface area contributed by atoms with Gasteiger partial charge in [-0.1, -0.05) is 24.3 Å². The summed E-state index contributed by atoms with van der Waals surface area (Å²) in [6.07, 6.45) is 4.94. The fourth-order valence-corrected chi connectivity index (χ4v) is 3.64. The van der Waals surface area contributed by atoms with Gasteiger partial charge in [0, 0.05) is 25.0 Å². The van der Waals surface area contributed by atoms with Gasteiger partial charge in [-0.25, -0.2) is 4.99 Å². The lowest BCUT2D eigenvalue weighted by Gasteiger charge is -2.27. The number of ether oxygens (including phenoxy) is 1. The van der Waals surface area contributed by atoms with Crippen molar-refractivity contribution < 1.29 is 9.53 Å². The number of methoxy groups -OCH3 is 1. The van der Waals surface area contributed by atoms with E-state index in [2.05, 4.69) is 15.0 Å². The van der Waals surface area contributed by atoms with E-state index in [-0.39, 0.29) is 11.9 Å². The lowest BCUT2D eigenvalue weighted by atomic mass is 9.81. The van der Waals surface area contributed by atoms with Gasteiger partial charge in [-0.05, 0) is 41.8 Å². The lowest BCUT2D eigenvalue weighted by molar-refractivity contribution is -0.129. The van der Waals surface area contributed by atoms with Crippen LogP contribution >= 0.6 is 0 Å². The first-order chi connectivity index (χ1) is 14.0. The van der Waals surface area contributed by atoms with Gasteiger partial charge in [0.05, 0.1) is 19.0 Å². The quantitative estimate of drug-likeness (QED) is 0.742. The van der Waals surface area contributed by atoms with Crippen LogP contribution in [-0.2, 0) is 10.3 Å². The lowest BCUT2D eigenvalue weighted by Crippen LogP contribution is -2.41. The first-order valence-electron chi connectivity index (χ1n) is 9.13. The second-order valence-electron chi connectivity index (χ2n) is 6.90. The zero-order chi connectivity index (χ0) is 20.6. The van der Waals surface area contributed by atoms with Crippen molar-refractivity contribution >= 4 is 11.9 Å². The molecule has 1 aliphatic rings. The van der Waals surface area contributed by atoms with Crippen LogP contribution in [0.15, 0.2) is 66.0 Å². The zero-order valence-electron chi connectivity index (χ0n) is 16.5. The summed E-state index contributed by atoms with van der Waals surface area (Å²) in [7, 11) is 3.25. The van der Waals surface area contributed by atoms with Crippen LogP contribution in [0.4, 0.5) is 0 Å². The standard InChI is InChI=1S/C22H21N5O2/c1-14-11-17(7-8-19(14)29-3)22(20(28)27(2)21(23)26-22)16-6-4-5-15(12-16)18-13-24-9-10-25-18/h4-13H,1-3H3,(H2,23,26). The van der Waals surface area contributed by atoms with Gasteiger partial charge in [0.2, 0.25) is 0 Å². The Labute approximate surface area is 168 Å². The Morgan fingerprint density at radius 3 is 2.52 bits per heavy atom. The molecule has 0 aliphatic carbocycles. The van der Waals surface area contributed by atoms with Gasteiger partial charge in [0.1, 0.15) is 5.75 Å². The predicted octanol–water partition coefficient (Wildman–Crippen LogP) is 2.49. The molecule has 7 heteroatoms. The molecule has 0 saturated heterocycles. The van der Waals surface area contributed by atoms with Crippen molar-refractivity contribution in [2.24, 2.45) is 10.7 Å². The number of likely N-dealkylation sites (N-methyl/N-ethyl adjacent to an activating group) is 1. The van der Waals surface area contributed by atoms with E-state index in [4.69, 9.17) is 10.5 Å². The van der Waals surface area contributed by atoms with Crippen LogP contribution in [0.5, 0.6) is 5.75 Å². The van der Waals surface area contributed by atoms with E-state index in [1.165, 1.54) is 4.90 Å². The molecule has 29 heavy (non-hydrogen) atoms. The largest absolute Gasteiger partial charge is 0.496 e. The van der Waals surface area contributed by atoms with Crippen LogP contribution in [0.3, 0.4) is 0 Å². The summed E-state index contributed by atoms with van der Waals surface area (Å²) in [6, 6.07) is 13.2. The maximum atomic E-state index is 13.4. The van der Waals surface area contributed by atoms with Crippen LogP contribution in [-0.4, -0.2) is 40.9 Å². The summed E-state index contributed by atoms with van der Waals surface area (Å²) in [5.41, 5.74) is 8.70. The minimum absolute atomic E-state index is 0.174. The average Bonchev–Trinajstić information content (AvgIpc) is 2.99. The highest BCUT2D eigenvalue weighted by molar-refractivity contribution is 6.09. The third-order valence-electron chi connectivity index (χ3n) is 5.19. The minimum atomic E-state index is -1.27. The molecule has 2 heterocycles. The number of aryl methyl sites for hydroxylation is 1. The minimum Gasteiger partial charge on any atom is -0.496 e. The molecular formula is C22H21N5O2.